The molecule has 5 heteroatoms. The van der Waals surface area contributed by atoms with Crippen LogP contribution in [0, 0.1) is 5.92 Å². The summed E-state index contributed by atoms with van der Waals surface area (Å²) in [5.74, 6) is -0.124. The Kier molecular flexibility index (Phi) is 6.19. The highest BCUT2D eigenvalue weighted by Gasteiger charge is 2.28. The molecular weight excluding hydrogens is 174 g/mol. The number of nitrogens with two attached hydrogens (primary N) is 1. The molecule has 13 heavy (non-hydrogen) atoms. The summed E-state index contributed by atoms with van der Waals surface area (Å²) in [5.41, 5.74) is 0. The van der Waals surface area contributed by atoms with Crippen molar-refractivity contribution in [2.75, 3.05) is 20.2 Å². The summed E-state index contributed by atoms with van der Waals surface area (Å²) in [6, 6.07) is 0. The van der Waals surface area contributed by atoms with Crippen LogP contribution in [0.5, 0.6) is 0 Å². The summed E-state index contributed by atoms with van der Waals surface area (Å²) in [5, 5.41) is 38.2. The summed E-state index contributed by atoms with van der Waals surface area (Å²) in [6.07, 6.45) is -3.55. The van der Waals surface area contributed by atoms with Gasteiger partial charge in [-0.1, -0.05) is 6.92 Å². The highest BCUT2D eigenvalue weighted by molar-refractivity contribution is 4.78. The molecule has 0 radical (unpaired) electrons. The van der Waals surface area contributed by atoms with Gasteiger partial charge in [-0.3, -0.25) is 0 Å². The van der Waals surface area contributed by atoms with Crippen LogP contribution in [0.15, 0.2) is 0 Å². The zero-order valence-corrected chi connectivity index (χ0v) is 8.09. The van der Waals surface area contributed by atoms with Gasteiger partial charge in [0.25, 0.3) is 0 Å². The maximum atomic E-state index is 9.48. The lowest BCUT2D eigenvalue weighted by Crippen LogP contribution is -2.81. The van der Waals surface area contributed by atoms with Gasteiger partial charge in [0.2, 0.25) is 0 Å². The molecule has 4 unspecified atom stereocenters. The standard InChI is InChI=1S/C8H19NO4/c1-5(3-9-2)7(12)8(13)6(11)4-10/h5-13H,3-4H2,1-2H3/p+1. The minimum absolute atomic E-state index is 0.124. The molecule has 4 atom stereocenters. The van der Waals surface area contributed by atoms with Gasteiger partial charge in [-0.2, -0.15) is 0 Å². The fourth-order valence-electron chi connectivity index (χ4n) is 1.18. The van der Waals surface area contributed by atoms with Crippen LogP contribution in [0.4, 0.5) is 0 Å². The van der Waals surface area contributed by atoms with Crippen LogP contribution in [0.3, 0.4) is 0 Å². The maximum Gasteiger partial charge on any atom is 0.108 e. The van der Waals surface area contributed by atoms with Crippen LogP contribution in [-0.2, 0) is 0 Å². The Hall–Kier alpha value is -0.200. The molecule has 0 heterocycles. The van der Waals surface area contributed by atoms with Crippen molar-refractivity contribution in [1.29, 1.82) is 0 Å². The van der Waals surface area contributed by atoms with Gasteiger partial charge in [-0.05, 0) is 0 Å². The third kappa shape index (κ3) is 4.02. The van der Waals surface area contributed by atoms with Crippen LogP contribution in [0.25, 0.3) is 0 Å². The van der Waals surface area contributed by atoms with Crippen LogP contribution in [0.2, 0.25) is 0 Å². The predicted octanol–water partition coefficient (Wildman–Crippen LogP) is -3.11. The number of aliphatic hydroxyl groups excluding tert-OH is 4. The molecule has 0 aromatic rings. The summed E-state index contributed by atoms with van der Waals surface area (Å²) in [4.78, 5) is 0. The molecule has 80 valence electrons. The molecule has 0 fully saturated rings. The topological polar surface area (TPSA) is 97.5 Å². The van der Waals surface area contributed by atoms with Gasteiger partial charge < -0.3 is 25.7 Å². The van der Waals surface area contributed by atoms with Crippen molar-refractivity contribution in [2.45, 2.75) is 25.2 Å². The van der Waals surface area contributed by atoms with E-state index in [-0.39, 0.29) is 5.92 Å². The average Bonchev–Trinajstić information content (AvgIpc) is 2.14. The van der Waals surface area contributed by atoms with Crippen molar-refractivity contribution in [3.63, 3.8) is 0 Å². The zero-order valence-electron chi connectivity index (χ0n) is 8.09. The van der Waals surface area contributed by atoms with Gasteiger partial charge in [0.15, 0.2) is 0 Å². The van der Waals surface area contributed by atoms with Crippen LogP contribution in [-0.4, -0.2) is 58.9 Å². The lowest BCUT2D eigenvalue weighted by molar-refractivity contribution is -0.634. The number of quaternary nitrogens is 1. The monoisotopic (exact) mass is 194 g/mol. The third-order valence-electron chi connectivity index (χ3n) is 2.12. The molecule has 0 aromatic heterocycles. The highest BCUT2D eigenvalue weighted by atomic mass is 16.4. The van der Waals surface area contributed by atoms with Crippen molar-refractivity contribution >= 4 is 0 Å². The van der Waals surface area contributed by atoms with Crippen LogP contribution >= 0.6 is 0 Å². The van der Waals surface area contributed by atoms with Gasteiger partial charge in [-0.25, -0.2) is 0 Å². The Morgan fingerprint density at radius 3 is 2.08 bits per heavy atom. The molecular formula is C8H20NO4+. The molecule has 0 bridgehead atoms. The first-order valence-electron chi connectivity index (χ1n) is 4.47. The number of aliphatic hydroxyl groups is 4. The van der Waals surface area contributed by atoms with Crippen LogP contribution in [0.1, 0.15) is 6.92 Å². The molecule has 0 spiro atoms. The Bertz CT molecular complexity index is 133. The third-order valence-corrected chi connectivity index (χ3v) is 2.12. The Balaban J connectivity index is 3.99. The Morgan fingerprint density at radius 2 is 1.69 bits per heavy atom. The summed E-state index contributed by atoms with van der Waals surface area (Å²) < 4.78 is 0. The Labute approximate surface area is 78.0 Å². The summed E-state index contributed by atoms with van der Waals surface area (Å²) >= 11 is 0. The smallest absolute Gasteiger partial charge is 0.108 e. The molecule has 5 nitrogen and oxygen atoms in total. The van der Waals surface area contributed by atoms with E-state index in [2.05, 4.69) is 0 Å². The largest absolute Gasteiger partial charge is 0.394 e. The van der Waals surface area contributed by atoms with Crippen molar-refractivity contribution in [1.82, 2.24) is 0 Å². The van der Waals surface area contributed by atoms with Crippen LogP contribution < -0.4 is 5.32 Å². The summed E-state index contributed by atoms with van der Waals surface area (Å²) in [6.45, 7) is 1.90. The lowest BCUT2D eigenvalue weighted by Gasteiger charge is -2.25. The molecule has 0 saturated carbocycles. The quantitative estimate of drug-likeness (QED) is 0.309. The van der Waals surface area contributed by atoms with Gasteiger partial charge in [0, 0.05) is 5.92 Å². The van der Waals surface area contributed by atoms with E-state index in [4.69, 9.17) is 10.2 Å². The van der Waals surface area contributed by atoms with E-state index in [0.717, 1.165) is 0 Å². The minimum atomic E-state index is -1.28. The first-order chi connectivity index (χ1) is 6.04. The van der Waals surface area contributed by atoms with E-state index in [1.165, 1.54) is 0 Å². The second-order valence-corrected chi connectivity index (χ2v) is 3.35. The molecule has 0 aliphatic heterocycles. The fraction of sp³-hybridized carbons (Fsp3) is 1.00. The number of hydrogen-bond donors (Lipinski definition) is 5. The second kappa shape index (κ2) is 6.28. The molecule has 0 aliphatic carbocycles. The minimum Gasteiger partial charge on any atom is -0.394 e. The summed E-state index contributed by atoms with van der Waals surface area (Å²) in [7, 11) is 1.86. The Morgan fingerprint density at radius 1 is 1.15 bits per heavy atom. The van der Waals surface area contributed by atoms with E-state index in [9.17, 15) is 10.2 Å². The average molecular weight is 194 g/mol. The molecule has 0 rings (SSSR count). The van der Waals surface area contributed by atoms with E-state index >= 15 is 0 Å². The van der Waals surface area contributed by atoms with Crippen molar-refractivity contribution < 1.29 is 25.7 Å². The van der Waals surface area contributed by atoms with Gasteiger partial charge >= 0.3 is 0 Å². The van der Waals surface area contributed by atoms with Crippen molar-refractivity contribution in [2.24, 2.45) is 5.92 Å². The highest BCUT2D eigenvalue weighted by Crippen LogP contribution is 2.08. The van der Waals surface area contributed by atoms with Crippen molar-refractivity contribution in [3.05, 3.63) is 0 Å². The fourth-order valence-corrected chi connectivity index (χ4v) is 1.18. The molecule has 0 aliphatic rings. The number of rotatable bonds is 6. The first-order valence-corrected chi connectivity index (χ1v) is 4.47. The maximum absolute atomic E-state index is 9.48. The zero-order chi connectivity index (χ0) is 10.4. The van der Waals surface area contributed by atoms with E-state index in [1.54, 1.807) is 6.92 Å². The molecule has 6 N–H and O–H groups in total. The number of hydrogen-bond acceptors (Lipinski definition) is 4. The molecule has 0 amide bonds. The van der Waals surface area contributed by atoms with Gasteiger partial charge in [-0.15, -0.1) is 0 Å². The SMILES string of the molecule is C[NH2+]CC(C)C(O)C(O)C(O)CO. The molecule has 0 saturated heterocycles. The molecule has 0 aromatic carbocycles. The van der Waals surface area contributed by atoms with E-state index < -0.39 is 24.9 Å². The normalized spacial score (nSPS) is 20.8. The van der Waals surface area contributed by atoms with Gasteiger partial charge in [0.05, 0.1) is 26.3 Å². The van der Waals surface area contributed by atoms with E-state index in [1.807, 2.05) is 12.4 Å². The van der Waals surface area contributed by atoms with E-state index in [0.29, 0.717) is 6.54 Å². The van der Waals surface area contributed by atoms with Gasteiger partial charge in [0.1, 0.15) is 12.2 Å². The predicted molar refractivity (Wildman–Crippen MR) is 47.0 cm³/mol. The first kappa shape index (κ1) is 12.8. The van der Waals surface area contributed by atoms with Crippen molar-refractivity contribution in [3.8, 4) is 0 Å². The second-order valence-electron chi connectivity index (χ2n) is 3.35. The lowest BCUT2D eigenvalue weighted by atomic mass is 9.96.